The monoisotopic (exact) mass is 256 g/mol. The Balaban J connectivity index is 2.32. The second-order valence-corrected chi connectivity index (χ2v) is 4.52. The Labute approximate surface area is 105 Å². The third kappa shape index (κ3) is 2.28. The molecule has 0 spiro atoms. The maximum atomic E-state index is 5.81. The standard InChI is InChI=1S/C11H13ClN2OS/c1-14-7-8(4-5-12)15-10-9(11(14)16)3-2-6-13-10/h2-3,6,8H,4-5,7H2,1H3. The van der Waals surface area contributed by atoms with Gasteiger partial charge in [0, 0.05) is 19.1 Å². The molecule has 5 heteroatoms. The second-order valence-electron chi connectivity index (χ2n) is 3.76. The molecule has 1 aliphatic rings. The van der Waals surface area contributed by atoms with Gasteiger partial charge < -0.3 is 9.64 Å². The maximum Gasteiger partial charge on any atom is 0.224 e. The molecule has 2 rings (SSSR count). The van der Waals surface area contributed by atoms with Crippen molar-refractivity contribution in [2.24, 2.45) is 0 Å². The summed E-state index contributed by atoms with van der Waals surface area (Å²) in [6.45, 7) is 0.752. The second kappa shape index (κ2) is 4.97. The number of ether oxygens (including phenoxy) is 1. The van der Waals surface area contributed by atoms with E-state index in [0.717, 1.165) is 23.5 Å². The van der Waals surface area contributed by atoms with E-state index in [4.69, 9.17) is 28.6 Å². The van der Waals surface area contributed by atoms with Crippen molar-refractivity contribution in [1.29, 1.82) is 0 Å². The molecule has 2 heterocycles. The van der Waals surface area contributed by atoms with Crippen LogP contribution in [0.25, 0.3) is 0 Å². The van der Waals surface area contributed by atoms with Crippen molar-refractivity contribution < 1.29 is 4.74 Å². The highest BCUT2D eigenvalue weighted by atomic mass is 35.5. The Morgan fingerprint density at radius 2 is 2.50 bits per heavy atom. The molecule has 1 aliphatic heterocycles. The Kier molecular flexibility index (Phi) is 3.61. The van der Waals surface area contributed by atoms with Gasteiger partial charge in [0.1, 0.15) is 11.1 Å². The highest BCUT2D eigenvalue weighted by Crippen LogP contribution is 2.23. The number of alkyl halides is 1. The van der Waals surface area contributed by atoms with Crippen molar-refractivity contribution in [3.63, 3.8) is 0 Å². The first-order valence-electron chi connectivity index (χ1n) is 5.15. The summed E-state index contributed by atoms with van der Waals surface area (Å²) < 4.78 is 5.81. The van der Waals surface area contributed by atoms with Gasteiger partial charge in [-0.3, -0.25) is 0 Å². The fourth-order valence-electron chi connectivity index (χ4n) is 1.71. The Morgan fingerprint density at radius 1 is 1.69 bits per heavy atom. The van der Waals surface area contributed by atoms with E-state index in [1.165, 1.54) is 0 Å². The zero-order valence-electron chi connectivity index (χ0n) is 9.02. The quantitative estimate of drug-likeness (QED) is 0.598. The fraction of sp³-hybridized carbons (Fsp3) is 0.455. The molecule has 0 aromatic carbocycles. The van der Waals surface area contributed by atoms with Crippen LogP contribution in [0, 0.1) is 0 Å². The molecule has 86 valence electrons. The third-order valence-corrected chi connectivity index (χ3v) is 3.28. The van der Waals surface area contributed by atoms with Crippen LogP contribution in [0.15, 0.2) is 18.3 Å². The van der Waals surface area contributed by atoms with E-state index in [1.54, 1.807) is 6.20 Å². The molecule has 3 nitrogen and oxygen atoms in total. The van der Waals surface area contributed by atoms with E-state index in [1.807, 2.05) is 24.1 Å². The van der Waals surface area contributed by atoms with Crippen molar-refractivity contribution in [2.75, 3.05) is 19.5 Å². The summed E-state index contributed by atoms with van der Waals surface area (Å²) in [5.74, 6) is 1.19. The number of pyridine rings is 1. The lowest BCUT2D eigenvalue weighted by atomic mass is 10.2. The van der Waals surface area contributed by atoms with Gasteiger partial charge in [-0.05, 0) is 18.6 Å². The van der Waals surface area contributed by atoms with Crippen LogP contribution in [0.2, 0.25) is 0 Å². The largest absolute Gasteiger partial charge is 0.472 e. The van der Waals surface area contributed by atoms with Gasteiger partial charge in [-0.1, -0.05) is 12.2 Å². The molecule has 1 atom stereocenters. The molecule has 0 N–H and O–H groups in total. The van der Waals surface area contributed by atoms with Crippen molar-refractivity contribution in [1.82, 2.24) is 9.88 Å². The SMILES string of the molecule is CN1CC(CCCl)Oc2ncccc2C1=S. The van der Waals surface area contributed by atoms with Crippen LogP contribution >= 0.6 is 23.8 Å². The lowest BCUT2D eigenvalue weighted by molar-refractivity contribution is 0.172. The summed E-state index contributed by atoms with van der Waals surface area (Å²) in [5, 5.41) is 0. The van der Waals surface area contributed by atoms with Crippen LogP contribution < -0.4 is 4.74 Å². The van der Waals surface area contributed by atoms with E-state index in [2.05, 4.69) is 4.98 Å². The average Bonchev–Trinajstić information content (AvgIpc) is 2.39. The van der Waals surface area contributed by atoms with Crippen molar-refractivity contribution in [2.45, 2.75) is 12.5 Å². The minimum atomic E-state index is 0.0524. The van der Waals surface area contributed by atoms with Crippen molar-refractivity contribution >= 4 is 28.8 Å². The molecule has 1 unspecified atom stereocenters. The topological polar surface area (TPSA) is 25.4 Å². The molecule has 0 saturated carbocycles. The zero-order chi connectivity index (χ0) is 11.5. The molecule has 0 amide bonds. The molecule has 0 bridgehead atoms. The van der Waals surface area contributed by atoms with Crippen LogP contribution in [0.5, 0.6) is 5.88 Å². The van der Waals surface area contributed by atoms with Crippen molar-refractivity contribution in [3.8, 4) is 5.88 Å². The summed E-state index contributed by atoms with van der Waals surface area (Å²) >= 11 is 11.1. The zero-order valence-corrected chi connectivity index (χ0v) is 10.6. The van der Waals surface area contributed by atoms with Crippen LogP contribution in [-0.2, 0) is 0 Å². The summed E-state index contributed by atoms with van der Waals surface area (Å²) in [6, 6.07) is 3.80. The number of likely N-dealkylation sites (N-methyl/N-ethyl adjacent to an activating group) is 1. The van der Waals surface area contributed by atoms with Crippen molar-refractivity contribution in [3.05, 3.63) is 23.9 Å². The minimum Gasteiger partial charge on any atom is -0.472 e. The van der Waals surface area contributed by atoms with Gasteiger partial charge in [-0.15, -0.1) is 11.6 Å². The molecule has 1 aromatic rings. The number of hydrogen-bond donors (Lipinski definition) is 0. The first-order chi connectivity index (χ1) is 7.72. The fourth-order valence-corrected chi connectivity index (χ4v) is 2.18. The summed E-state index contributed by atoms with van der Waals surface area (Å²) in [7, 11) is 1.97. The number of nitrogens with zero attached hydrogens (tertiary/aromatic N) is 2. The number of hydrogen-bond acceptors (Lipinski definition) is 3. The maximum absolute atomic E-state index is 5.81. The third-order valence-electron chi connectivity index (χ3n) is 2.54. The predicted molar refractivity (Wildman–Crippen MR) is 68.3 cm³/mol. The number of thiocarbonyl (C=S) groups is 1. The molecule has 1 aromatic heterocycles. The van der Waals surface area contributed by atoms with E-state index in [9.17, 15) is 0 Å². The highest BCUT2D eigenvalue weighted by molar-refractivity contribution is 7.80. The lowest BCUT2D eigenvalue weighted by Crippen LogP contribution is -2.33. The molecule has 0 saturated heterocycles. The lowest BCUT2D eigenvalue weighted by Gasteiger charge is -2.20. The summed E-state index contributed by atoms with van der Waals surface area (Å²) in [6.07, 6.45) is 2.56. The molecule has 16 heavy (non-hydrogen) atoms. The van der Waals surface area contributed by atoms with Crippen LogP contribution in [0.1, 0.15) is 12.0 Å². The molecule has 0 radical (unpaired) electrons. The van der Waals surface area contributed by atoms with Crippen LogP contribution in [0.4, 0.5) is 0 Å². The summed E-state index contributed by atoms with van der Waals surface area (Å²) in [5.41, 5.74) is 0.886. The number of rotatable bonds is 2. The van der Waals surface area contributed by atoms with E-state index in [-0.39, 0.29) is 6.10 Å². The number of fused-ring (bicyclic) bond motifs is 1. The highest BCUT2D eigenvalue weighted by Gasteiger charge is 2.24. The Hall–Kier alpha value is -0.870. The van der Waals surface area contributed by atoms with Gasteiger partial charge in [0.15, 0.2) is 0 Å². The van der Waals surface area contributed by atoms with E-state index in [0.29, 0.717) is 11.8 Å². The molecular weight excluding hydrogens is 244 g/mol. The normalized spacial score (nSPS) is 20.0. The average molecular weight is 257 g/mol. The van der Waals surface area contributed by atoms with Crippen LogP contribution in [-0.4, -0.2) is 40.4 Å². The van der Waals surface area contributed by atoms with Gasteiger partial charge >= 0.3 is 0 Å². The minimum absolute atomic E-state index is 0.0524. The van der Waals surface area contributed by atoms with Crippen LogP contribution in [0.3, 0.4) is 0 Å². The first kappa shape index (κ1) is 11.6. The van der Waals surface area contributed by atoms with Gasteiger partial charge in [0.25, 0.3) is 0 Å². The smallest absolute Gasteiger partial charge is 0.224 e. The first-order valence-corrected chi connectivity index (χ1v) is 6.09. The molecular formula is C11H13ClN2OS. The molecule has 0 aliphatic carbocycles. The predicted octanol–water partition coefficient (Wildman–Crippen LogP) is 2.08. The van der Waals surface area contributed by atoms with E-state index < -0.39 is 0 Å². The van der Waals surface area contributed by atoms with Gasteiger partial charge in [-0.2, -0.15) is 0 Å². The Morgan fingerprint density at radius 3 is 3.25 bits per heavy atom. The number of aromatic nitrogens is 1. The Bertz CT molecular complexity index is 399. The van der Waals surface area contributed by atoms with Gasteiger partial charge in [0.05, 0.1) is 12.1 Å². The van der Waals surface area contributed by atoms with E-state index >= 15 is 0 Å². The molecule has 0 fully saturated rings. The van der Waals surface area contributed by atoms with Gasteiger partial charge in [-0.25, -0.2) is 4.98 Å². The van der Waals surface area contributed by atoms with Gasteiger partial charge in [0.2, 0.25) is 5.88 Å². The number of halogens is 1. The summed E-state index contributed by atoms with van der Waals surface area (Å²) in [4.78, 5) is 7.01.